The summed E-state index contributed by atoms with van der Waals surface area (Å²) in [7, 11) is 0. The van der Waals surface area contributed by atoms with Crippen molar-refractivity contribution in [1.29, 1.82) is 0 Å². The van der Waals surface area contributed by atoms with Gasteiger partial charge in [-0.15, -0.1) is 0 Å². The minimum Gasteiger partial charge on any atom is -0.508 e. The van der Waals surface area contributed by atoms with Crippen LogP contribution in [0.1, 0.15) is 48.4 Å². The molecule has 0 aromatic heterocycles. The average Bonchev–Trinajstić information content (AvgIpc) is 2.80. The molecular formula is C26H24Cl2F2O4. The Bertz CT molecular complexity index is 1140. The number of phenolic OH excluding ortho intramolecular Hbond substituents is 1. The highest BCUT2D eigenvalue weighted by molar-refractivity contribution is 6.36. The number of phenols is 1. The van der Waals surface area contributed by atoms with Gasteiger partial charge in [-0.05, 0) is 60.4 Å². The van der Waals surface area contributed by atoms with Gasteiger partial charge in [0.15, 0.2) is 6.61 Å². The highest BCUT2D eigenvalue weighted by Gasteiger charge is 2.24. The van der Waals surface area contributed by atoms with Crippen molar-refractivity contribution < 1.29 is 28.2 Å². The van der Waals surface area contributed by atoms with E-state index in [1.165, 1.54) is 36.4 Å². The number of halogens is 4. The number of carbonyl (C=O) groups excluding carboxylic acids is 1. The van der Waals surface area contributed by atoms with E-state index in [1.807, 2.05) is 6.92 Å². The molecule has 0 saturated heterocycles. The fraction of sp³-hybridized carbons (Fsp3) is 0.269. The van der Waals surface area contributed by atoms with Gasteiger partial charge in [0.1, 0.15) is 23.1 Å². The minimum absolute atomic E-state index is 0.0643. The first-order chi connectivity index (χ1) is 16.2. The molecular weight excluding hydrogens is 485 g/mol. The SMILES string of the molecule is CCOC(=O)COc1cc(Cl)c(Cc2ccc(O)c(C(CC)c3ccc(F)cc3)c2F)c(Cl)c1. The van der Waals surface area contributed by atoms with Crippen molar-refractivity contribution in [1.82, 2.24) is 0 Å². The van der Waals surface area contributed by atoms with Crippen LogP contribution in [0.4, 0.5) is 8.78 Å². The lowest BCUT2D eigenvalue weighted by molar-refractivity contribution is -0.145. The molecule has 0 amide bonds. The summed E-state index contributed by atoms with van der Waals surface area (Å²) in [5.41, 5.74) is 1.58. The van der Waals surface area contributed by atoms with Gasteiger partial charge in [0, 0.05) is 27.9 Å². The molecule has 1 atom stereocenters. The third-order valence-electron chi connectivity index (χ3n) is 5.41. The maximum Gasteiger partial charge on any atom is 0.344 e. The molecule has 0 heterocycles. The van der Waals surface area contributed by atoms with Crippen LogP contribution in [-0.4, -0.2) is 24.3 Å². The molecule has 0 aliphatic carbocycles. The Kier molecular flexibility index (Phi) is 8.75. The second-order valence-corrected chi connectivity index (χ2v) is 8.43. The predicted molar refractivity (Wildman–Crippen MR) is 128 cm³/mol. The van der Waals surface area contributed by atoms with Crippen LogP contribution in [0.15, 0.2) is 48.5 Å². The zero-order chi connectivity index (χ0) is 24.8. The second kappa shape index (κ2) is 11.5. The van der Waals surface area contributed by atoms with Crippen LogP contribution in [0.25, 0.3) is 0 Å². The summed E-state index contributed by atoms with van der Waals surface area (Å²) in [4.78, 5) is 11.5. The molecule has 1 unspecified atom stereocenters. The van der Waals surface area contributed by atoms with Gasteiger partial charge in [0.05, 0.1) is 6.61 Å². The maximum atomic E-state index is 15.6. The fourth-order valence-corrected chi connectivity index (χ4v) is 4.37. The lowest BCUT2D eigenvalue weighted by atomic mass is 9.86. The Balaban J connectivity index is 1.90. The molecule has 8 heteroatoms. The average molecular weight is 509 g/mol. The van der Waals surface area contributed by atoms with Crippen LogP contribution in [-0.2, 0) is 16.0 Å². The summed E-state index contributed by atoms with van der Waals surface area (Å²) in [5.74, 6) is -1.87. The van der Waals surface area contributed by atoms with E-state index in [1.54, 1.807) is 19.1 Å². The van der Waals surface area contributed by atoms with Crippen LogP contribution < -0.4 is 4.74 Å². The molecule has 0 bridgehead atoms. The summed E-state index contributed by atoms with van der Waals surface area (Å²) < 4.78 is 39.2. The summed E-state index contributed by atoms with van der Waals surface area (Å²) >= 11 is 12.8. The molecule has 0 aliphatic rings. The van der Waals surface area contributed by atoms with Crippen LogP contribution in [0, 0.1) is 11.6 Å². The fourth-order valence-electron chi connectivity index (χ4n) is 3.76. The van der Waals surface area contributed by atoms with Crippen molar-refractivity contribution in [3.05, 3.63) is 92.5 Å². The van der Waals surface area contributed by atoms with E-state index in [9.17, 15) is 14.3 Å². The number of benzene rings is 3. The van der Waals surface area contributed by atoms with Gasteiger partial charge in [0.25, 0.3) is 0 Å². The quantitative estimate of drug-likeness (QED) is 0.314. The van der Waals surface area contributed by atoms with Crippen molar-refractivity contribution in [3.63, 3.8) is 0 Å². The van der Waals surface area contributed by atoms with Crippen molar-refractivity contribution in [2.75, 3.05) is 13.2 Å². The Labute approximate surface area is 207 Å². The molecule has 0 spiro atoms. The number of aromatic hydroxyl groups is 1. The summed E-state index contributed by atoms with van der Waals surface area (Å²) in [6.07, 6.45) is 0.558. The Morgan fingerprint density at radius 2 is 1.68 bits per heavy atom. The molecule has 1 N–H and O–H groups in total. The second-order valence-electron chi connectivity index (χ2n) is 7.62. The lowest BCUT2D eigenvalue weighted by Crippen LogP contribution is -2.14. The first-order valence-electron chi connectivity index (χ1n) is 10.8. The van der Waals surface area contributed by atoms with E-state index in [0.29, 0.717) is 17.5 Å². The number of hydrogen-bond acceptors (Lipinski definition) is 4. The molecule has 0 saturated carbocycles. The van der Waals surface area contributed by atoms with Gasteiger partial charge in [-0.3, -0.25) is 0 Å². The van der Waals surface area contributed by atoms with Crippen molar-refractivity contribution in [3.8, 4) is 11.5 Å². The van der Waals surface area contributed by atoms with Gasteiger partial charge in [-0.2, -0.15) is 0 Å². The number of rotatable bonds is 9. The van der Waals surface area contributed by atoms with Crippen LogP contribution >= 0.6 is 23.2 Å². The Morgan fingerprint density at radius 3 is 2.26 bits per heavy atom. The Morgan fingerprint density at radius 1 is 1.03 bits per heavy atom. The normalized spacial score (nSPS) is 11.8. The van der Waals surface area contributed by atoms with Gasteiger partial charge in [0.2, 0.25) is 0 Å². The number of ether oxygens (including phenoxy) is 2. The number of esters is 1. The van der Waals surface area contributed by atoms with Gasteiger partial charge in [-0.25, -0.2) is 13.6 Å². The van der Waals surface area contributed by atoms with Crippen LogP contribution in [0.2, 0.25) is 10.0 Å². The maximum absolute atomic E-state index is 15.6. The molecule has 3 rings (SSSR count). The molecule has 3 aromatic carbocycles. The first-order valence-corrected chi connectivity index (χ1v) is 11.5. The zero-order valence-corrected chi connectivity index (χ0v) is 20.2. The molecule has 0 radical (unpaired) electrons. The third-order valence-corrected chi connectivity index (χ3v) is 6.08. The number of hydrogen-bond donors (Lipinski definition) is 1. The van der Waals surface area contributed by atoms with E-state index >= 15 is 4.39 Å². The molecule has 0 aliphatic heterocycles. The third kappa shape index (κ3) is 5.99. The van der Waals surface area contributed by atoms with E-state index in [2.05, 4.69) is 0 Å². The smallest absolute Gasteiger partial charge is 0.344 e. The summed E-state index contributed by atoms with van der Waals surface area (Å²) in [6.45, 7) is 3.50. The minimum atomic E-state index is -0.578. The van der Waals surface area contributed by atoms with Crippen molar-refractivity contribution in [2.45, 2.75) is 32.6 Å². The number of carbonyl (C=O) groups is 1. The van der Waals surface area contributed by atoms with Gasteiger partial charge >= 0.3 is 5.97 Å². The highest BCUT2D eigenvalue weighted by Crippen LogP contribution is 2.39. The highest BCUT2D eigenvalue weighted by atomic mass is 35.5. The molecule has 180 valence electrons. The topological polar surface area (TPSA) is 55.8 Å². The molecule has 34 heavy (non-hydrogen) atoms. The van der Waals surface area contributed by atoms with E-state index in [-0.39, 0.29) is 52.3 Å². The van der Waals surface area contributed by atoms with E-state index < -0.39 is 23.5 Å². The molecule has 3 aromatic rings. The monoisotopic (exact) mass is 508 g/mol. The van der Waals surface area contributed by atoms with E-state index in [4.69, 9.17) is 32.7 Å². The largest absolute Gasteiger partial charge is 0.508 e. The molecule has 4 nitrogen and oxygen atoms in total. The predicted octanol–water partition coefficient (Wildman–Crippen LogP) is 7.05. The lowest BCUT2D eigenvalue weighted by Gasteiger charge is -2.20. The van der Waals surface area contributed by atoms with Gasteiger partial charge in [-0.1, -0.05) is 48.3 Å². The first kappa shape index (κ1) is 25.8. The Hall–Kier alpha value is -2.83. The summed E-state index contributed by atoms with van der Waals surface area (Å²) in [5, 5.41) is 10.9. The summed E-state index contributed by atoms with van der Waals surface area (Å²) in [6, 6.07) is 11.7. The zero-order valence-electron chi connectivity index (χ0n) is 18.7. The van der Waals surface area contributed by atoms with Crippen LogP contribution in [0.3, 0.4) is 0 Å². The van der Waals surface area contributed by atoms with Crippen LogP contribution in [0.5, 0.6) is 11.5 Å². The molecule has 0 fully saturated rings. The van der Waals surface area contributed by atoms with Gasteiger partial charge < -0.3 is 14.6 Å². The standard InChI is InChI=1S/C26H24Cl2F2O4/c1-3-19(15-5-8-17(29)9-6-15)25-23(31)10-7-16(26(25)30)11-20-21(27)12-18(13-22(20)28)34-14-24(32)33-4-2/h5-10,12-13,19,31H,3-4,11,14H2,1-2H3. The van der Waals surface area contributed by atoms with Crippen molar-refractivity contribution in [2.24, 2.45) is 0 Å². The van der Waals surface area contributed by atoms with E-state index in [0.717, 1.165) is 0 Å². The van der Waals surface area contributed by atoms with Crippen molar-refractivity contribution >= 4 is 29.2 Å².